The van der Waals surface area contributed by atoms with E-state index in [0.29, 0.717) is 0 Å². The van der Waals surface area contributed by atoms with Gasteiger partial charge in [-0.15, -0.1) is 0 Å². The molecule has 0 aliphatic carbocycles. The van der Waals surface area contributed by atoms with Crippen molar-refractivity contribution in [2.24, 2.45) is 0 Å². The van der Waals surface area contributed by atoms with Crippen LogP contribution >= 0.6 is 15.9 Å². The second-order valence-corrected chi connectivity index (χ2v) is 4.89. The van der Waals surface area contributed by atoms with E-state index < -0.39 is 31.1 Å². The largest absolute Gasteiger partial charge is 0.405 e. The van der Waals surface area contributed by atoms with E-state index in [1.807, 2.05) is 0 Å². The van der Waals surface area contributed by atoms with Crippen LogP contribution < -0.4 is 10.6 Å². The average molecular weight is 353 g/mol. The van der Waals surface area contributed by atoms with Gasteiger partial charge in [-0.2, -0.15) is 13.2 Å². The van der Waals surface area contributed by atoms with Gasteiger partial charge < -0.3 is 10.6 Å². The van der Waals surface area contributed by atoms with Crippen molar-refractivity contribution in [3.05, 3.63) is 34.3 Å². The minimum absolute atomic E-state index is 0.0554. The first-order valence-corrected chi connectivity index (χ1v) is 6.40. The molecule has 20 heavy (non-hydrogen) atoms. The maximum absolute atomic E-state index is 11.8. The lowest BCUT2D eigenvalue weighted by molar-refractivity contribution is -0.138. The Balaban J connectivity index is 2.29. The Morgan fingerprint density at radius 3 is 2.20 bits per heavy atom. The lowest BCUT2D eigenvalue weighted by atomic mass is 10.1. The van der Waals surface area contributed by atoms with Crippen LogP contribution in [0.25, 0.3) is 0 Å². The van der Waals surface area contributed by atoms with Gasteiger partial charge in [-0.25, -0.2) is 0 Å². The average Bonchev–Trinajstić information content (AvgIpc) is 2.36. The molecule has 2 amide bonds. The van der Waals surface area contributed by atoms with Crippen LogP contribution in [0.2, 0.25) is 0 Å². The summed E-state index contributed by atoms with van der Waals surface area (Å²) >= 11 is 3.25. The summed E-state index contributed by atoms with van der Waals surface area (Å²) in [5.41, 5.74) is 0.737. The van der Waals surface area contributed by atoms with Gasteiger partial charge in [-0.3, -0.25) is 9.59 Å². The van der Waals surface area contributed by atoms with Crippen molar-refractivity contribution >= 4 is 27.7 Å². The van der Waals surface area contributed by atoms with Gasteiger partial charge in [0.15, 0.2) is 0 Å². The molecule has 0 heterocycles. The molecule has 2 N–H and O–H groups in total. The van der Waals surface area contributed by atoms with E-state index >= 15 is 0 Å². The van der Waals surface area contributed by atoms with Gasteiger partial charge in [0.1, 0.15) is 6.54 Å². The maximum atomic E-state index is 11.8. The van der Waals surface area contributed by atoms with Gasteiger partial charge >= 0.3 is 6.18 Å². The molecular formula is C12H12BrF3N2O2. The van der Waals surface area contributed by atoms with Crippen molar-refractivity contribution in [3.63, 3.8) is 0 Å². The molecule has 8 heteroatoms. The summed E-state index contributed by atoms with van der Waals surface area (Å²) in [5, 5.41) is 3.92. The predicted octanol–water partition coefficient (Wildman–Crippen LogP) is 1.79. The summed E-state index contributed by atoms with van der Waals surface area (Å²) in [4.78, 5) is 22.5. The maximum Gasteiger partial charge on any atom is 0.405 e. The molecule has 0 radical (unpaired) electrons. The number of amides is 2. The van der Waals surface area contributed by atoms with Crippen molar-refractivity contribution in [1.82, 2.24) is 10.6 Å². The number of nitrogens with one attached hydrogen (secondary N) is 2. The number of hydrogen-bond donors (Lipinski definition) is 2. The second-order valence-electron chi connectivity index (χ2n) is 3.97. The van der Waals surface area contributed by atoms with Crippen LogP contribution in [-0.4, -0.2) is 31.1 Å². The molecule has 0 aromatic heterocycles. The summed E-state index contributed by atoms with van der Waals surface area (Å²) < 4.78 is 36.4. The van der Waals surface area contributed by atoms with Gasteiger partial charge in [0, 0.05) is 4.47 Å². The Morgan fingerprint density at radius 2 is 1.65 bits per heavy atom. The molecule has 1 rings (SSSR count). The number of benzene rings is 1. The molecule has 0 bridgehead atoms. The summed E-state index contributed by atoms with van der Waals surface area (Å²) in [7, 11) is 0. The zero-order valence-corrected chi connectivity index (χ0v) is 11.8. The van der Waals surface area contributed by atoms with Crippen LogP contribution in [-0.2, 0) is 16.0 Å². The number of halogens is 4. The van der Waals surface area contributed by atoms with Gasteiger partial charge in [-0.1, -0.05) is 28.1 Å². The van der Waals surface area contributed by atoms with Crippen molar-refractivity contribution in [2.45, 2.75) is 12.6 Å². The fourth-order valence-corrected chi connectivity index (χ4v) is 1.55. The minimum atomic E-state index is -4.46. The fraction of sp³-hybridized carbons (Fsp3) is 0.333. The molecule has 0 unspecified atom stereocenters. The highest BCUT2D eigenvalue weighted by atomic mass is 79.9. The van der Waals surface area contributed by atoms with Gasteiger partial charge in [0.05, 0.1) is 13.0 Å². The lowest BCUT2D eigenvalue weighted by Crippen LogP contribution is -2.41. The molecule has 0 aliphatic rings. The van der Waals surface area contributed by atoms with Gasteiger partial charge in [0.25, 0.3) is 0 Å². The van der Waals surface area contributed by atoms with E-state index in [1.54, 1.807) is 29.6 Å². The van der Waals surface area contributed by atoms with Gasteiger partial charge in [0.2, 0.25) is 11.8 Å². The highest BCUT2D eigenvalue weighted by Gasteiger charge is 2.27. The van der Waals surface area contributed by atoms with Crippen LogP contribution in [0.1, 0.15) is 5.56 Å². The second kappa shape index (κ2) is 7.28. The zero-order valence-electron chi connectivity index (χ0n) is 10.3. The monoisotopic (exact) mass is 352 g/mol. The molecule has 0 atom stereocenters. The topological polar surface area (TPSA) is 58.2 Å². The van der Waals surface area contributed by atoms with Crippen molar-refractivity contribution in [3.8, 4) is 0 Å². The summed E-state index contributed by atoms with van der Waals surface area (Å²) in [6.45, 7) is -1.89. The molecular weight excluding hydrogens is 341 g/mol. The third-order valence-electron chi connectivity index (χ3n) is 2.21. The smallest absolute Gasteiger partial charge is 0.347 e. The van der Waals surface area contributed by atoms with Crippen LogP contribution in [0.15, 0.2) is 28.7 Å². The highest BCUT2D eigenvalue weighted by molar-refractivity contribution is 9.10. The van der Waals surface area contributed by atoms with E-state index in [9.17, 15) is 22.8 Å². The third kappa shape index (κ3) is 7.13. The highest BCUT2D eigenvalue weighted by Crippen LogP contribution is 2.12. The Hall–Kier alpha value is -1.57. The first kappa shape index (κ1) is 16.5. The molecule has 1 aromatic carbocycles. The lowest BCUT2D eigenvalue weighted by Gasteiger charge is -2.09. The first-order valence-electron chi connectivity index (χ1n) is 5.61. The van der Waals surface area contributed by atoms with Crippen molar-refractivity contribution in [2.75, 3.05) is 13.1 Å². The van der Waals surface area contributed by atoms with Crippen LogP contribution in [0.3, 0.4) is 0 Å². The number of rotatable bonds is 5. The quantitative estimate of drug-likeness (QED) is 0.848. The minimum Gasteiger partial charge on any atom is -0.347 e. The fourth-order valence-electron chi connectivity index (χ4n) is 1.29. The molecule has 4 nitrogen and oxygen atoms in total. The normalized spacial score (nSPS) is 11.0. The Bertz CT molecular complexity index is 475. The van der Waals surface area contributed by atoms with E-state index in [1.165, 1.54) is 0 Å². The molecule has 0 fully saturated rings. The van der Waals surface area contributed by atoms with E-state index in [2.05, 4.69) is 21.2 Å². The SMILES string of the molecule is O=C(CNC(=O)Cc1ccc(Br)cc1)NCC(F)(F)F. The van der Waals surface area contributed by atoms with Crippen LogP contribution in [0.5, 0.6) is 0 Å². The van der Waals surface area contributed by atoms with E-state index in [0.717, 1.165) is 10.0 Å². The summed E-state index contributed by atoms with van der Waals surface area (Å²) in [6, 6.07) is 6.98. The predicted molar refractivity (Wildman–Crippen MR) is 69.9 cm³/mol. The Kier molecular flexibility index (Phi) is 6.00. The molecule has 0 saturated carbocycles. The number of carbonyl (C=O) groups excluding carboxylic acids is 2. The Morgan fingerprint density at radius 1 is 1.05 bits per heavy atom. The summed E-state index contributed by atoms with van der Waals surface area (Å²) in [6.07, 6.45) is -4.41. The molecule has 0 spiro atoms. The van der Waals surface area contributed by atoms with Crippen molar-refractivity contribution < 1.29 is 22.8 Å². The zero-order chi connectivity index (χ0) is 15.2. The third-order valence-corrected chi connectivity index (χ3v) is 2.74. The summed E-state index contributed by atoms with van der Waals surface area (Å²) in [5.74, 6) is -1.32. The molecule has 110 valence electrons. The number of hydrogen-bond acceptors (Lipinski definition) is 2. The standard InChI is InChI=1S/C12H12BrF3N2O2/c13-9-3-1-8(2-4-9)5-10(19)17-6-11(20)18-7-12(14,15)16/h1-4H,5-7H2,(H,17,19)(H,18,20). The van der Waals surface area contributed by atoms with E-state index in [-0.39, 0.29) is 6.42 Å². The van der Waals surface area contributed by atoms with Gasteiger partial charge in [-0.05, 0) is 17.7 Å². The van der Waals surface area contributed by atoms with E-state index in [4.69, 9.17) is 0 Å². The van der Waals surface area contributed by atoms with Crippen LogP contribution in [0.4, 0.5) is 13.2 Å². The Labute approximate surface area is 121 Å². The van der Waals surface area contributed by atoms with Crippen LogP contribution in [0, 0.1) is 0 Å². The first-order chi connectivity index (χ1) is 9.26. The molecule has 1 aromatic rings. The molecule has 0 aliphatic heterocycles. The molecule has 0 saturated heterocycles. The van der Waals surface area contributed by atoms with Crippen molar-refractivity contribution in [1.29, 1.82) is 0 Å². The number of alkyl halides is 3. The number of carbonyl (C=O) groups is 2.